The molecule has 1 aliphatic rings. The third-order valence-corrected chi connectivity index (χ3v) is 1.76. The Hall–Kier alpha value is -0.180. The van der Waals surface area contributed by atoms with Crippen molar-refractivity contribution in [3.05, 3.63) is 0 Å². The van der Waals surface area contributed by atoms with Gasteiger partial charge in [-0.2, -0.15) is 0 Å². The van der Waals surface area contributed by atoms with E-state index in [1.165, 1.54) is 37.9 Å². The van der Waals surface area contributed by atoms with Crippen LogP contribution in [0.1, 0.15) is 12.8 Å². The molecule has 1 rings (SSSR count). The molecule has 0 aromatic carbocycles. The Morgan fingerprint density at radius 2 is 2.11 bits per heavy atom. The molecule has 0 amide bonds. The van der Waals surface area contributed by atoms with Crippen LogP contribution in [-0.2, 0) is 0 Å². The third kappa shape index (κ3) is 2.26. The molecule has 0 aromatic heterocycles. The summed E-state index contributed by atoms with van der Waals surface area (Å²) in [4.78, 5) is 2.26. The molecule has 1 heterocycles. The molecule has 0 bridgehead atoms. The monoisotopic (exact) mass is 144 g/mol. The van der Waals surface area contributed by atoms with Gasteiger partial charge in [0.05, 0.1) is 6.34 Å². The minimum absolute atomic E-state index is 1.20. The van der Waals surface area contributed by atoms with E-state index in [9.17, 15) is 0 Å². The van der Waals surface area contributed by atoms with Crippen LogP contribution in [0.15, 0.2) is 4.40 Å². The summed E-state index contributed by atoms with van der Waals surface area (Å²) in [5.74, 6) is 0. The molecule has 0 spiro atoms. The first kappa shape index (κ1) is 6.93. The van der Waals surface area contributed by atoms with Gasteiger partial charge < -0.3 is 4.90 Å². The van der Waals surface area contributed by atoms with Crippen molar-refractivity contribution >= 4 is 18.3 Å². The zero-order valence-electron chi connectivity index (χ0n) is 5.71. The highest BCUT2D eigenvalue weighted by Gasteiger charge is 2.05. The Labute approximate surface area is 60.5 Å². The van der Waals surface area contributed by atoms with Crippen molar-refractivity contribution in [2.24, 2.45) is 4.40 Å². The second-order valence-electron chi connectivity index (χ2n) is 2.15. The van der Waals surface area contributed by atoms with Crippen LogP contribution in [0.5, 0.6) is 0 Å². The second-order valence-corrected chi connectivity index (χ2v) is 2.72. The lowest BCUT2D eigenvalue weighted by Crippen LogP contribution is -2.15. The van der Waals surface area contributed by atoms with Gasteiger partial charge in [-0.1, -0.05) is 0 Å². The Kier molecular flexibility index (Phi) is 2.91. The van der Waals surface area contributed by atoms with Crippen LogP contribution in [0.3, 0.4) is 0 Å². The fourth-order valence-corrected chi connectivity index (χ4v) is 1.20. The van der Waals surface area contributed by atoms with E-state index in [-0.39, 0.29) is 0 Å². The van der Waals surface area contributed by atoms with E-state index in [0.29, 0.717) is 0 Å². The van der Waals surface area contributed by atoms with E-state index in [1.807, 2.05) is 12.6 Å². The second kappa shape index (κ2) is 3.77. The van der Waals surface area contributed by atoms with Gasteiger partial charge in [-0.15, -0.1) is 0 Å². The van der Waals surface area contributed by atoms with Crippen LogP contribution in [0.25, 0.3) is 0 Å². The summed E-state index contributed by atoms with van der Waals surface area (Å²) in [6.45, 7) is 2.40. The minimum Gasteiger partial charge on any atom is -0.362 e. The molecule has 9 heavy (non-hydrogen) atoms. The van der Waals surface area contributed by atoms with Crippen LogP contribution >= 0.6 is 11.9 Å². The number of likely N-dealkylation sites (tertiary alicyclic amines) is 1. The van der Waals surface area contributed by atoms with Gasteiger partial charge >= 0.3 is 0 Å². The normalized spacial score (nSPS) is 19.9. The molecule has 0 saturated carbocycles. The summed E-state index contributed by atoms with van der Waals surface area (Å²) in [5.41, 5.74) is 0. The van der Waals surface area contributed by atoms with Crippen molar-refractivity contribution in [2.45, 2.75) is 12.8 Å². The van der Waals surface area contributed by atoms with E-state index in [1.54, 1.807) is 0 Å². The summed E-state index contributed by atoms with van der Waals surface area (Å²) < 4.78 is 4.07. The lowest BCUT2D eigenvalue weighted by molar-refractivity contribution is 0.537. The summed E-state index contributed by atoms with van der Waals surface area (Å²) in [7, 11) is 0. The van der Waals surface area contributed by atoms with Crippen molar-refractivity contribution in [3.63, 3.8) is 0 Å². The van der Waals surface area contributed by atoms with Gasteiger partial charge in [0.15, 0.2) is 0 Å². The molecule has 0 atom stereocenters. The van der Waals surface area contributed by atoms with Crippen LogP contribution < -0.4 is 0 Å². The summed E-state index contributed by atoms with van der Waals surface area (Å²) in [6, 6.07) is 0. The van der Waals surface area contributed by atoms with Crippen molar-refractivity contribution in [2.75, 3.05) is 19.3 Å². The average Bonchev–Trinajstić information content (AvgIpc) is 2.34. The highest BCUT2D eigenvalue weighted by molar-refractivity contribution is 7.97. The Morgan fingerprint density at radius 1 is 1.44 bits per heavy atom. The number of rotatable bonds is 2. The molecule has 52 valence electrons. The predicted molar refractivity (Wildman–Crippen MR) is 42.8 cm³/mol. The highest BCUT2D eigenvalue weighted by atomic mass is 32.2. The van der Waals surface area contributed by atoms with E-state index >= 15 is 0 Å². The quantitative estimate of drug-likeness (QED) is 0.330. The SMILES string of the molecule is CSN=CN1CCCC1. The highest BCUT2D eigenvalue weighted by Crippen LogP contribution is 2.05. The number of hydrogen-bond donors (Lipinski definition) is 0. The molecule has 0 unspecified atom stereocenters. The Morgan fingerprint density at radius 3 is 2.67 bits per heavy atom. The number of hydrogen-bond acceptors (Lipinski definition) is 2. The van der Waals surface area contributed by atoms with E-state index in [4.69, 9.17) is 0 Å². The molecule has 3 heteroatoms. The van der Waals surface area contributed by atoms with Crippen LogP contribution in [-0.4, -0.2) is 30.6 Å². The van der Waals surface area contributed by atoms with Gasteiger partial charge in [0, 0.05) is 19.3 Å². The molecule has 1 aliphatic heterocycles. The van der Waals surface area contributed by atoms with Gasteiger partial charge in [0.2, 0.25) is 0 Å². The molecule has 1 saturated heterocycles. The molecule has 0 aliphatic carbocycles. The maximum Gasteiger partial charge on any atom is 0.0989 e. The standard InChI is InChI=1S/C6H12N2S/c1-9-7-6-8-4-2-3-5-8/h6H,2-5H2,1H3. The molecule has 0 radical (unpaired) electrons. The molecular weight excluding hydrogens is 132 g/mol. The van der Waals surface area contributed by atoms with E-state index < -0.39 is 0 Å². The van der Waals surface area contributed by atoms with Gasteiger partial charge in [-0.05, 0) is 24.8 Å². The first-order chi connectivity index (χ1) is 4.43. The topological polar surface area (TPSA) is 15.6 Å². The van der Waals surface area contributed by atoms with Crippen LogP contribution in [0.2, 0.25) is 0 Å². The molecule has 1 fully saturated rings. The maximum absolute atomic E-state index is 4.07. The Balaban J connectivity index is 2.18. The molecule has 0 N–H and O–H groups in total. The van der Waals surface area contributed by atoms with Gasteiger partial charge in [-0.3, -0.25) is 0 Å². The van der Waals surface area contributed by atoms with E-state index in [2.05, 4.69) is 9.30 Å². The summed E-state index contributed by atoms with van der Waals surface area (Å²) in [6.07, 6.45) is 6.59. The predicted octanol–water partition coefficient (Wildman–Crippen LogP) is 1.39. The summed E-state index contributed by atoms with van der Waals surface area (Å²) >= 11 is 1.52. The van der Waals surface area contributed by atoms with Crippen molar-refractivity contribution in [1.29, 1.82) is 0 Å². The van der Waals surface area contributed by atoms with Crippen molar-refractivity contribution < 1.29 is 0 Å². The van der Waals surface area contributed by atoms with Gasteiger partial charge in [0.25, 0.3) is 0 Å². The third-order valence-electron chi connectivity index (χ3n) is 1.46. The average molecular weight is 144 g/mol. The minimum atomic E-state index is 1.20. The fraction of sp³-hybridized carbons (Fsp3) is 0.833. The van der Waals surface area contributed by atoms with Gasteiger partial charge in [0.1, 0.15) is 0 Å². The lowest BCUT2D eigenvalue weighted by Gasteiger charge is -2.07. The largest absolute Gasteiger partial charge is 0.362 e. The van der Waals surface area contributed by atoms with E-state index in [0.717, 1.165) is 0 Å². The zero-order chi connectivity index (χ0) is 6.53. The molecular formula is C6H12N2S. The van der Waals surface area contributed by atoms with Crippen molar-refractivity contribution in [1.82, 2.24) is 4.90 Å². The van der Waals surface area contributed by atoms with Crippen molar-refractivity contribution in [3.8, 4) is 0 Å². The maximum atomic E-state index is 4.07. The van der Waals surface area contributed by atoms with Crippen LogP contribution in [0.4, 0.5) is 0 Å². The van der Waals surface area contributed by atoms with Gasteiger partial charge in [-0.25, -0.2) is 4.40 Å². The molecule has 0 aromatic rings. The van der Waals surface area contributed by atoms with Crippen LogP contribution in [0, 0.1) is 0 Å². The molecule has 2 nitrogen and oxygen atoms in total. The first-order valence-electron chi connectivity index (χ1n) is 3.24. The Bertz CT molecular complexity index is 97.2. The fourth-order valence-electron chi connectivity index (χ4n) is 0.971. The first-order valence-corrected chi connectivity index (χ1v) is 4.42. The smallest absolute Gasteiger partial charge is 0.0989 e. The number of nitrogens with zero attached hydrogens (tertiary/aromatic N) is 2. The summed E-state index contributed by atoms with van der Waals surface area (Å²) in [5, 5.41) is 0. The zero-order valence-corrected chi connectivity index (χ0v) is 6.52. The lowest BCUT2D eigenvalue weighted by atomic mass is 10.4.